The third-order valence-electron chi connectivity index (χ3n) is 3.55. The van der Waals surface area contributed by atoms with Gasteiger partial charge in [0.15, 0.2) is 5.75 Å². The number of pyridine rings is 1. The predicted octanol–water partition coefficient (Wildman–Crippen LogP) is 5.73. The van der Waals surface area contributed by atoms with E-state index in [2.05, 4.69) is 4.98 Å². The van der Waals surface area contributed by atoms with Crippen LogP contribution >= 0.6 is 34.8 Å². The third-order valence-corrected chi connectivity index (χ3v) is 4.38. The molecule has 0 spiro atoms. The molecule has 0 bridgehead atoms. The van der Waals surface area contributed by atoms with E-state index in [1.54, 1.807) is 18.2 Å². The number of ether oxygens (including phenoxy) is 2. The first-order valence-electron chi connectivity index (χ1n) is 7.21. The maximum absolute atomic E-state index is 12.6. The van der Waals surface area contributed by atoms with Crippen LogP contribution in [0, 0.1) is 6.92 Å². The van der Waals surface area contributed by atoms with Crippen LogP contribution in [0.2, 0.25) is 15.1 Å². The molecule has 0 fully saturated rings. The summed E-state index contributed by atoms with van der Waals surface area (Å²) in [6.45, 7) is 1.82. The molecule has 0 aliphatic carbocycles. The van der Waals surface area contributed by atoms with Crippen LogP contribution in [0.15, 0.2) is 36.4 Å². The normalized spacial score (nSPS) is 10.8. The lowest BCUT2D eigenvalue weighted by atomic mass is 10.1. The lowest BCUT2D eigenvalue weighted by Crippen LogP contribution is -2.11. The van der Waals surface area contributed by atoms with Gasteiger partial charge in [-0.3, -0.25) is 0 Å². The molecule has 2 aromatic carbocycles. The number of carbonyl (C=O) groups excluding carboxylic acids is 1. The van der Waals surface area contributed by atoms with Crippen LogP contribution in [0.4, 0.5) is 0 Å². The number of nitrogens with zero attached hydrogens (tertiary/aromatic N) is 1. The van der Waals surface area contributed by atoms with Gasteiger partial charge in [-0.1, -0.05) is 34.8 Å². The molecule has 3 rings (SSSR count). The van der Waals surface area contributed by atoms with Crippen molar-refractivity contribution in [3.05, 3.63) is 62.7 Å². The minimum atomic E-state index is -0.659. The van der Waals surface area contributed by atoms with E-state index in [1.165, 1.54) is 19.2 Å². The van der Waals surface area contributed by atoms with Gasteiger partial charge in [-0.25, -0.2) is 9.78 Å². The summed E-state index contributed by atoms with van der Waals surface area (Å²) < 4.78 is 10.7. The van der Waals surface area contributed by atoms with Gasteiger partial charge in [0, 0.05) is 16.1 Å². The number of hydrogen-bond acceptors (Lipinski definition) is 4. The fourth-order valence-corrected chi connectivity index (χ4v) is 3.10. The van der Waals surface area contributed by atoms with E-state index in [1.807, 2.05) is 13.0 Å². The molecule has 0 N–H and O–H groups in total. The lowest BCUT2D eigenvalue weighted by Gasteiger charge is -2.12. The fraction of sp³-hybridized carbons (Fsp3) is 0.111. The first kappa shape index (κ1) is 17.8. The molecule has 1 aromatic heterocycles. The molecule has 0 aliphatic rings. The number of hydrogen-bond donors (Lipinski definition) is 0. The monoisotopic (exact) mass is 395 g/mol. The highest BCUT2D eigenvalue weighted by Crippen LogP contribution is 2.38. The number of rotatable bonds is 3. The average molecular weight is 397 g/mol. The fourth-order valence-electron chi connectivity index (χ4n) is 2.37. The van der Waals surface area contributed by atoms with Crippen LogP contribution in [0.3, 0.4) is 0 Å². The van der Waals surface area contributed by atoms with Crippen LogP contribution in [0.25, 0.3) is 10.9 Å². The van der Waals surface area contributed by atoms with Gasteiger partial charge in [-0.2, -0.15) is 0 Å². The highest BCUT2D eigenvalue weighted by Gasteiger charge is 2.20. The molecule has 128 valence electrons. The number of methoxy groups -OCH3 is 1. The van der Waals surface area contributed by atoms with Crippen molar-refractivity contribution < 1.29 is 14.3 Å². The molecule has 0 atom stereocenters. The van der Waals surface area contributed by atoms with Gasteiger partial charge in [0.05, 0.1) is 17.2 Å². The second-order valence-corrected chi connectivity index (χ2v) is 6.50. The summed E-state index contributed by atoms with van der Waals surface area (Å²) in [5.74, 6) is -0.182. The van der Waals surface area contributed by atoms with Crippen LogP contribution in [0.1, 0.15) is 16.1 Å². The second-order valence-electron chi connectivity index (χ2n) is 5.25. The number of aromatic nitrogens is 1. The molecule has 25 heavy (non-hydrogen) atoms. The van der Waals surface area contributed by atoms with Crippen LogP contribution in [-0.4, -0.2) is 18.1 Å². The molecule has 0 radical (unpaired) electrons. The Morgan fingerprint density at radius 3 is 2.52 bits per heavy atom. The largest absolute Gasteiger partial charge is 0.496 e. The maximum Gasteiger partial charge on any atom is 0.347 e. The van der Waals surface area contributed by atoms with Gasteiger partial charge in [0.2, 0.25) is 0 Å². The minimum absolute atomic E-state index is 0.136. The first-order chi connectivity index (χ1) is 11.9. The van der Waals surface area contributed by atoms with E-state index in [0.29, 0.717) is 26.7 Å². The Balaban J connectivity index is 2.11. The van der Waals surface area contributed by atoms with E-state index in [9.17, 15) is 4.79 Å². The van der Waals surface area contributed by atoms with Gasteiger partial charge in [0.25, 0.3) is 0 Å². The zero-order valence-electron chi connectivity index (χ0n) is 13.3. The Kier molecular flexibility index (Phi) is 5.04. The molecular formula is C18H12Cl3NO3. The molecule has 0 saturated heterocycles. The average Bonchev–Trinajstić information content (AvgIpc) is 2.58. The molecule has 4 nitrogen and oxygen atoms in total. The van der Waals surface area contributed by atoms with Crippen molar-refractivity contribution in [2.45, 2.75) is 6.92 Å². The highest BCUT2D eigenvalue weighted by molar-refractivity contribution is 6.39. The number of esters is 1. The summed E-state index contributed by atoms with van der Waals surface area (Å²) in [6, 6.07) is 9.80. The second kappa shape index (κ2) is 7.08. The summed E-state index contributed by atoms with van der Waals surface area (Å²) in [5.41, 5.74) is 1.33. The van der Waals surface area contributed by atoms with Gasteiger partial charge in [-0.15, -0.1) is 0 Å². The van der Waals surface area contributed by atoms with Crippen molar-refractivity contribution in [2.75, 3.05) is 7.11 Å². The zero-order valence-corrected chi connectivity index (χ0v) is 15.5. The molecule has 0 saturated carbocycles. The summed E-state index contributed by atoms with van der Waals surface area (Å²) in [5, 5.41) is 1.63. The van der Waals surface area contributed by atoms with Crippen molar-refractivity contribution in [1.82, 2.24) is 4.98 Å². The Hall–Kier alpha value is -2.01. The van der Waals surface area contributed by atoms with Crippen molar-refractivity contribution in [2.24, 2.45) is 0 Å². The zero-order chi connectivity index (χ0) is 18.1. The van der Waals surface area contributed by atoms with E-state index < -0.39 is 5.97 Å². The summed E-state index contributed by atoms with van der Waals surface area (Å²) in [6.07, 6.45) is 0. The minimum Gasteiger partial charge on any atom is -0.496 e. The Labute approximate surface area is 159 Å². The molecule has 1 heterocycles. The van der Waals surface area contributed by atoms with Crippen LogP contribution < -0.4 is 9.47 Å². The lowest BCUT2D eigenvalue weighted by molar-refractivity contribution is 0.0733. The Bertz CT molecular complexity index is 989. The Morgan fingerprint density at radius 2 is 1.80 bits per heavy atom. The number of aryl methyl sites for hydroxylation is 1. The summed E-state index contributed by atoms with van der Waals surface area (Å²) >= 11 is 18.4. The quantitative estimate of drug-likeness (QED) is 0.419. The van der Waals surface area contributed by atoms with Crippen LogP contribution in [-0.2, 0) is 0 Å². The van der Waals surface area contributed by atoms with E-state index in [0.717, 1.165) is 5.69 Å². The molecule has 0 unspecified atom stereocenters. The summed E-state index contributed by atoms with van der Waals surface area (Å²) in [7, 11) is 1.45. The number of fused-ring (bicyclic) bond motifs is 1. The van der Waals surface area contributed by atoms with Crippen molar-refractivity contribution in [3.63, 3.8) is 0 Å². The van der Waals surface area contributed by atoms with Gasteiger partial charge >= 0.3 is 5.97 Å². The number of carbonyl (C=O) groups is 1. The standard InChI is InChI=1S/C18H12Cl3NO3/c1-9-3-5-11-13(20)8-14(21)17(16(11)22-9)25-18(23)12-7-10(19)4-6-15(12)24-2/h3-8H,1-2H3. The first-order valence-corrected chi connectivity index (χ1v) is 8.35. The predicted molar refractivity (Wildman–Crippen MR) is 99.5 cm³/mol. The molecule has 0 aliphatic heterocycles. The van der Waals surface area contributed by atoms with E-state index in [4.69, 9.17) is 44.3 Å². The third kappa shape index (κ3) is 3.52. The SMILES string of the molecule is COc1ccc(Cl)cc1C(=O)Oc1c(Cl)cc(Cl)c2ccc(C)nc12. The molecule has 7 heteroatoms. The van der Waals surface area contributed by atoms with E-state index in [-0.39, 0.29) is 16.3 Å². The number of halogens is 3. The smallest absolute Gasteiger partial charge is 0.347 e. The number of benzene rings is 2. The summed E-state index contributed by atoms with van der Waals surface area (Å²) in [4.78, 5) is 17.0. The van der Waals surface area contributed by atoms with Crippen molar-refractivity contribution >= 4 is 51.7 Å². The maximum atomic E-state index is 12.6. The van der Waals surface area contributed by atoms with E-state index >= 15 is 0 Å². The highest BCUT2D eigenvalue weighted by atomic mass is 35.5. The molecule has 3 aromatic rings. The van der Waals surface area contributed by atoms with Crippen molar-refractivity contribution in [1.29, 1.82) is 0 Å². The van der Waals surface area contributed by atoms with Gasteiger partial charge in [0.1, 0.15) is 16.8 Å². The van der Waals surface area contributed by atoms with Gasteiger partial charge in [-0.05, 0) is 43.3 Å². The topological polar surface area (TPSA) is 48.4 Å². The van der Waals surface area contributed by atoms with Crippen LogP contribution in [0.5, 0.6) is 11.5 Å². The Morgan fingerprint density at radius 1 is 1.04 bits per heavy atom. The molecular weight excluding hydrogens is 385 g/mol. The van der Waals surface area contributed by atoms with Crippen molar-refractivity contribution in [3.8, 4) is 11.5 Å². The van der Waals surface area contributed by atoms with Gasteiger partial charge < -0.3 is 9.47 Å². The molecule has 0 amide bonds.